The molecule has 0 fully saturated rings. The van der Waals surface area contributed by atoms with Crippen LogP contribution in [0.5, 0.6) is 0 Å². The topological polar surface area (TPSA) is 80.5 Å². The quantitative estimate of drug-likeness (QED) is 0.755. The number of nitrogens with one attached hydrogen (secondary N) is 1. The van der Waals surface area contributed by atoms with E-state index in [9.17, 15) is 4.79 Å². The lowest BCUT2D eigenvalue weighted by Crippen LogP contribution is -2.30. The summed E-state index contributed by atoms with van der Waals surface area (Å²) in [6, 6.07) is 1.71. The standard InChI is InChI=1S/C12H20N4O2/c1-8(7-16(2)3)15-11-10(12(17)18-4)5-9(13)6-14-11/h5-6,8H,7,13H2,1-4H3,(H,14,15). The molecule has 1 heterocycles. The Balaban J connectivity index is 2.90. The number of hydrogen-bond donors (Lipinski definition) is 2. The maximum absolute atomic E-state index is 11.6. The van der Waals surface area contributed by atoms with Crippen LogP contribution in [0.25, 0.3) is 0 Å². The summed E-state index contributed by atoms with van der Waals surface area (Å²) in [6.45, 7) is 2.84. The highest BCUT2D eigenvalue weighted by molar-refractivity contribution is 5.95. The lowest BCUT2D eigenvalue weighted by atomic mass is 10.2. The Labute approximate surface area is 107 Å². The van der Waals surface area contributed by atoms with Crippen LogP contribution >= 0.6 is 0 Å². The summed E-state index contributed by atoms with van der Waals surface area (Å²) in [5, 5.41) is 3.18. The largest absolute Gasteiger partial charge is 0.465 e. The van der Waals surface area contributed by atoms with E-state index in [2.05, 4.69) is 10.3 Å². The monoisotopic (exact) mass is 252 g/mol. The van der Waals surface area contributed by atoms with E-state index in [1.54, 1.807) is 6.07 Å². The fourth-order valence-electron chi connectivity index (χ4n) is 1.69. The highest BCUT2D eigenvalue weighted by atomic mass is 16.5. The number of ether oxygens (including phenoxy) is 1. The van der Waals surface area contributed by atoms with Crippen molar-refractivity contribution in [3.05, 3.63) is 17.8 Å². The molecular formula is C12H20N4O2. The van der Waals surface area contributed by atoms with Crippen molar-refractivity contribution in [1.82, 2.24) is 9.88 Å². The highest BCUT2D eigenvalue weighted by Crippen LogP contribution is 2.17. The third-order valence-corrected chi connectivity index (χ3v) is 2.34. The average Bonchev–Trinajstić information content (AvgIpc) is 2.29. The number of esters is 1. The van der Waals surface area contributed by atoms with E-state index in [0.717, 1.165) is 6.54 Å². The number of likely N-dealkylation sites (N-methyl/N-ethyl adjacent to an activating group) is 1. The summed E-state index contributed by atoms with van der Waals surface area (Å²) in [5.41, 5.74) is 6.41. The Morgan fingerprint density at radius 2 is 2.28 bits per heavy atom. The van der Waals surface area contributed by atoms with Crippen molar-refractivity contribution >= 4 is 17.5 Å². The number of rotatable bonds is 5. The summed E-state index contributed by atoms with van der Waals surface area (Å²) in [6.07, 6.45) is 1.51. The number of carbonyl (C=O) groups is 1. The molecule has 0 spiro atoms. The minimum atomic E-state index is -0.450. The Hall–Kier alpha value is -1.82. The SMILES string of the molecule is COC(=O)c1cc(N)cnc1NC(C)CN(C)C. The summed E-state index contributed by atoms with van der Waals surface area (Å²) in [4.78, 5) is 17.8. The number of hydrogen-bond acceptors (Lipinski definition) is 6. The molecule has 1 atom stereocenters. The van der Waals surface area contributed by atoms with Crippen LogP contribution in [-0.4, -0.2) is 49.6 Å². The molecule has 0 saturated heterocycles. The number of nitrogens with zero attached hydrogens (tertiary/aromatic N) is 2. The van der Waals surface area contributed by atoms with Crippen molar-refractivity contribution in [2.45, 2.75) is 13.0 Å². The van der Waals surface area contributed by atoms with E-state index in [4.69, 9.17) is 10.5 Å². The maximum Gasteiger partial charge on any atom is 0.341 e. The van der Waals surface area contributed by atoms with E-state index < -0.39 is 5.97 Å². The molecule has 6 heteroatoms. The van der Waals surface area contributed by atoms with Gasteiger partial charge in [-0.3, -0.25) is 0 Å². The predicted octanol–water partition coefficient (Wildman–Crippen LogP) is 0.812. The highest BCUT2D eigenvalue weighted by Gasteiger charge is 2.15. The normalized spacial score (nSPS) is 12.3. The molecule has 0 aliphatic rings. The van der Waals surface area contributed by atoms with Gasteiger partial charge in [-0.05, 0) is 27.1 Å². The second kappa shape index (κ2) is 6.20. The Morgan fingerprint density at radius 3 is 2.83 bits per heavy atom. The van der Waals surface area contributed by atoms with Gasteiger partial charge in [0.15, 0.2) is 0 Å². The lowest BCUT2D eigenvalue weighted by Gasteiger charge is -2.20. The van der Waals surface area contributed by atoms with Crippen molar-refractivity contribution in [3.8, 4) is 0 Å². The first-order valence-electron chi connectivity index (χ1n) is 5.69. The second-order valence-corrected chi connectivity index (χ2v) is 4.46. The van der Waals surface area contributed by atoms with Gasteiger partial charge in [-0.15, -0.1) is 0 Å². The van der Waals surface area contributed by atoms with Crippen LogP contribution in [-0.2, 0) is 4.74 Å². The zero-order valence-electron chi connectivity index (χ0n) is 11.2. The number of methoxy groups -OCH3 is 1. The molecule has 0 aromatic carbocycles. The molecule has 18 heavy (non-hydrogen) atoms. The number of nitrogen functional groups attached to an aromatic ring is 1. The van der Waals surface area contributed by atoms with Crippen LogP contribution < -0.4 is 11.1 Å². The van der Waals surface area contributed by atoms with E-state index in [-0.39, 0.29) is 6.04 Å². The van der Waals surface area contributed by atoms with Crippen molar-refractivity contribution in [1.29, 1.82) is 0 Å². The molecule has 0 saturated carbocycles. The van der Waals surface area contributed by atoms with E-state index in [0.29, 0.717) is 17.1 Å². The van der Waals surface area contributed by atoms with Gasteiger partial charge in [-0.2, -0.15) is 0 Å². The smallest absolute Gasteiger partial charge is 0.341 e. The van der Waals surface area contributed by atoms with Gasteiger partial charge in [0.1, 0.15) is 11.4 Å². The Morgan fingerprint density at radius 1 is 1.61 bits per heavy atom. The van der Waals surface area contributed by atoms with E-state index in [1.807, 2.05) is 25.9 Å². The molecule has 100 valence electrons. The number of nitrogens with two attached hydrogens (primary N) is 1. The van der Waals surface area contributed by atoms with E-state index >= 15 is 0 Å². The maximum atomic E-state index is 11.6. The summed E-state index contributed by atoms with van der Waals surface area (Å²) in [7, 11) is 5.30. The number of anilines is 2. The zero-order chi connectivity index (χ0) is 13.7. The van der Waals surface area contributed by atoms with Crippen molar-refractivity contribution in [3.63, 3.8) is 0 Å². The zero-order valence-corrected chi connectivity index (χ0v) is 11.2. The number of aromatic nitrogens is 1. The third-order valence-electron chi connectivity index (χ3n) is 2.34. The molecule has 1 aromatic rings. The van der Waals surface area contributed by atoms with Crippen LogP contribution in [0.1, 0.15) is 17.3 Å². The van der Waals surface area contributed by atoms with Gasteiger partial charge in [0.05, 0.1) is 19.0 Å². The second-order valence-electron chi connectivity index (χ2n) is 4.46. The molecule has 0 amide bonds. The van der Waals surface area contributed by atoms with Crippen molar-refractivity contribution in [2.75, 3.05) is 38.8 Å². The Bertz CT molecular complexity index is 421. The molecule has 0 aliphatic carbocycles. The molecule has 1 unspecified atom stereocenters. The summed E-state index contributed by atoms with van der Waals surface area (Å²) >= 11 is 0. The van der Waals surface area contributed by atoms with Crippen molar-refractivity contribution in [2.24, 2.45) is 0 Å². The summed E-state index contributed by atoms with van der Waals surface area (Å²) in [5.74, 6) is 0.0414. The fraction of sp³-hybridized carbons (Fsp3) is 0.500. The van der Waals surface area contributed by atoms with Crippen LogP contribution in [0.15, 0.2) is 12.3 Å². The molecule has 1 rings (SSSR count). The summed E-state index contributed by atoms with van der Waals surface area (Å²) < 4.78 is 4.71. The molecule has 0 radical (unpaired) electrons. The van der Waals surface area contributed by atoms with Gasteiger partial charge in [0.2, 0.25) is 0 Å². The van der Waals surface area contributed by atoms with Crippen LogP contribution in [0.3, 0.4) is 0 Å². The predicted molar refractivity (Wildman–Crippen MR) is 71.6 cm³/mol. The Kier molecular flexibility index (Phi) is 4.91. The minimum Gasteiger partial charge on any atom is -0.465 e. The van der Waals surface area contributed by atoms with Crippen LogP contribution in [0, 0.1) is 0 Å². The fourth-order valence-corrected chi connectivity index (χ4v) is 1.69. The molecular weight excluding hydrogens is 232 g/mol. The van der Waals surface area contributed by atoms with Gasteiger partial charge < -0.3 is 20.7 Å². The molecule has 0 aliphatic heterocycles. The van der Waals surface area contributed by atoms with Gasteiger partial charge in [0, 0.05) is 12.6 Å². The van der Waals surface area contributed by atoms with E-state index in [1.165, 1.54) is 13.3 Å². The lowest BCUT2D eigenvalue weighted by molar-refractivity contribution is 0.0601. The van der Waals surface area contributed by atoms with Gasteiger partial charge in [0.25, 0.3) is 0 Å². The molecule has 6 nitrogen and oxygen atoms in total. The van der Waals surface area contributed by atoms with Crippen molar-refractivity contribution < 1.29 is 9.53 Å². The third kappa shape index (κ3) is 3.89. The average molecular weight is 252 g/mol. The van der Waals surface area contributed by atoms with Gasteiger partial charge in [-0.1, -0.05) is 0 Å². The molecule has 0 bridgehead atoms. The van der Waals surface area contributed by atoms with Gasteiger partial charge in [-0.25, -0.2) is 9.78 Å². The molecule has 1 aromatic heterocycles. The number of carbonyl (C=O) groups excluding carboxylic acids is 1. The first-order chi connectivity index (χ1) is 8.43. The van der Waals surface area contributed by atoms with Crippen LogP contribution in [0.2, 0.25) is 0 Å². The molecule has 3 N–H and O–H groups in total. The first-order valence-corrected chi connectivity index (χ1v) is 5.69. The first kappa shape index (κ1) is 14.2. The van der Waals surface area contributed by atoms with Crippen LogP contribution in [0.4, 0.5) is 11.5 Å². The van der Waals surface area contributed by atoms with Gasteiger partial charge >= 0.3 is 5.97 Å². The number of pyridine rings is 1. The minimum absolute atomic E-state index is 0.152.